The molecule has 1 aromatic carbocycles. The summed E-state index contributed by atoms with van der Waals surface area (Å²) in [4.78, 5) is 4.78. The zero-order chi connectivity index (χ0) is 10.8. The first-order valence-corrected chi connectivity index (χ1v) is 5.67. The molecule has 2 unspecified atom stereocenters. The molecule has 1 saturated heterocycles. The first-order valence-electron chi connectivity index (χ1n) is 4.42. The van der Waals surface area contributed by atoms with Gasteiger partial charge < -0.3 is 9.84 Å². The van der Waals surface area contributed by atoms with Crippen LogP contribution in [0.1, 0.15) is 0 Å². The van der Waals surface area contributed by atoms with E-state index in [4.69, 9.17) is 4.84 Å². The fourth-order valence-corrected chi connectivity index (χ4v) is 1.88. The van der Waals surface area contributed by atoms with Gasteiger partial charge in [0.2, 0.25) is 0 Å². The lowest BCUT2D eigenvalue weighted by Gasteiger charge is -2.22. The normalized spacial score (nSPS) is 25.7. The maximum absolute atomic E-state index is 11.2. The summed E-state index contributed by atoms with van der Waals surface area (Å²) in [6.45, 7) is 0. The summed E-state index contributed by atoms with van der Waals surface area (Å²) in [6, 6.07) is 7.56. The first-order chi connectivity index (χ1) is 7.22. The van der Waals surface area contributed by atoms with Gasteiger partial charge in [0.25, 0.3) is 5.75 Å². The molecule has 1 fully saturated rings. The zero-order valence-corrected chi connectivity index (χ0v) is 10.2. The van der Waals surface area contributed by atoms with Crippen LogP contribution in [-0.2, 0) is 4.84 Å². The fourth-order valence-electron chi connectivity index (χ4n) is 1.29. The van der Waals surface area contributed by atoms with E-state index < -0.39 is 6.29 Å². The highest BCUT2D eigenvalue weighted by Crippen LogP contribution is 2.25. The Labute approximate surface area is 101 Å². The lowest BCUT2D eigenvalue weighted by Crippen LogP contribution is -2.38. The van der Waals surface area contributed by atoms with E-state index in [1.165, 1.54) is 0 Å². The van der Waals surface area contributed by atoms with Crippen LogP contribution >= 0.6 is 22.6 Å². The number of hydrogen-bond acceptors (Lipinski definition) is 4. The van der Waals surface area contributed by atoms with E-state index >= 15 is 0 Å². The number of benzene rings is 1. The van der Waals surface area contributed by atoms with Crippen molar-refractivity contribution in [2.45, 2.75) is 10.3 Å². The number of hydrogen-bond donors (Lipinski definition) is 1. The Bertz CT molecular complexity index is 333. The maximum Gasteiger partial charge on any atom is 0.254 e. The zero-order valence-electron chi connectivity index (χ0n) is 8.05. The number of ether oxygens (including phenoxy) is 1. The minimum Gasteiger partial charge on any atom is -0.827 e. The van der Waals surface area contributed by atoms with Crippen molar-refractivity contribution in [1.29, 1.82) is 0 Å². The third-order valence-corrected chi connectivity index (χ3v) is 3.27. The summed E-state index contributed by atoms with van der Waals surface area (Å²) < 4.78 is 3.78. The lowest BCUT2D eigenvalue weighted by molar-refractivity contribution is -0.485. The summed E-state index contributed by atoms with van der Waals surface area (Å²) in [5.41, 5.74) is 3.48. The molecule has 1 heterocycles. The summed E-state index contributed by atoms with van der Waals surface area (Å²) in [6.07, 6.45) is -1.07. The molecule has 1 aromatic rings. The van der Waals surface area contributed by atoms with Gasteiger partial charge in [0.05, 0.1) is 5.69 Å². The summed E-state index contributed by atoms with van der Waals surface area (Å²) in [5, 5.41) is 12.9. The Morgan fingerprint density at radius 1 is 1.47 bits per heavy atom. The van der Waals surface area contributed by atoms with Gasteiger partial charge in [0, 0.05) is 18.4 Å². The number of anilines is 1. The smallest absolute Gasteiger partial charge is 0.254 e. The Morgan fingerprint density at radius 2 is 2.13 bits per heavy atom. The molecule has 1 aliphatic heterocycles. The van der Waals surface area contributed by atoms with Crippen LogP contribution in [0.4, 0.5) is 5.69 Å². The van der Waals surface area contributed by atoms with E-state index in [1.54, 1.807) is 12.1 Å². The van der Waals surface area contributed by atoms with Crippen molar-refractivity contribution in [2.75, 3.05) is 12.1 Å². The van der Waals surface area contributed by atoms with Gasteiger partial charge in [-0.05, 0) is 12.1 Å². The molecule has 1 aliphatic rings. The molecule has 0 saturated carbocycles. The summed E-state index contributed by atoms with van der Waals surface area (Å²) in [7, 11) is 1.74. The van der Waals surface area contributed by atoms with Crippen LogP contribution in [-0.4, -0.2) is 22.2 Å². The number of alkyl halides is 1. The molecular formula is C9H11IN2O3. The Balaban J connectivity index is 2.16. The molecule has 0 spiro atoms. The molecule has 2 rings (SSSR count). The highest BCUT2D eigenvalue weighted by molar-refractivity contribution is 14.1. The second kappa shape index (κ2) is 4.52. The third kappa shape index (κ3) is 2.17. The number of aromatic hydroxyl groups is 1. The van der Waals surface area contributed by atoms with Crippen molar-refractivity contribution in [1.82, 2.24) is 5.59 Å². The van der Waals surface area contributed by atoms with Crippen LogP contribution in [0.2, 0.25) is 0 Å². The molecular weight excluding hydrogens is 311 g/mol. The summed E-state index contributed by atoms with van der Waals surface area (Å²) in [5.74, 6) is 0.905. The SMILES string of the molecule is C[OH+]c1ccc(N2NOC([O-])C2I)cc1. The number of halogens is 1. The molecule has 15 heavy (non-hydrogen) atoms. The van der Waals surface area contributed by atoms with Gasteiger partial charge in [0.15, 0.2) is 7.11 Å². The number of aliphatic hydroxyl groups is 1. The average molecular weight is 322 g/mol. The minimum absolute atomic E-state index is 0.257. The highest BCUT2D eigenvalue weighted by atomic mass is 127. The third-order valence-electron chi connectivity index (χ3n) is 2.12. The van der Waals surface area contributed by atoms with Gasteiger partial charge in [0.1, 0.15) is 4.05 Å². The number of nitrogens with zero attached hydrogens (tertiary/aromatic N) is 1. The van der Waals surface area contributed by atoms with E-state index in [-0.39, 0.29) is 4.05 Å². The van der Waals surface area contributed by atoms with Gasteiger partial charge in [-0.25, -0.2) is 0 Å². The van der Waals surface area contributed by atoms with E-state index in [2.05, 4.69) is 10.3 Å². The Hall–Kier alpha value is -0.570. The molecule has 82 valence electrons. The quantitative estimate of drug-likeness (QED) is 0.367. The van der Waals surface area contributed by atoms with Crippen molar-refractivity contribution < 1.29 is 14.7 Å². The van der Waals surface area contributed by atoms with Crippen LogP contribution in [0.3, 0.4) is 0 Å². The molecule has 5 nitrogen and oxygen atoms in total. The second-order valence-electron chi connectivity index (χ2n) is 3.06. The largest absolute Gasteiger partial charge is 0.827 e. The molecule has 2 N–H and O–H groups in total. The van der Waals surface area contributed by atoms with E-state index in [1.807, 2.05) is 46.9 Å². The Morgan fingerprint density at radius 3 is 2.60 bits per heavy atom. The highest BCUT2D eigenvalue weighted by Gasteiger charge is 2.26. The van der Waals surface area contributed by atoms with Crippen molar-refractivity contribution in [2.24, 2.45) is 0 Å². The van der Waals surface area contributed by atoms with Crippen LogP contribution in [0.15, 0.2) is 24.3 Å². The summed E-state index contributed by atoms with van der Waals surface area (Å²) >= 11 is 2.04. The average Bonchev–Trinajstić information content (AvgIpc) is 2.60. The monoisotopic (exact) mass is 322 g/mol. The molecule has 0 amide bonds. The van der Waals surface area contributed by atoms with Crippen molar-refractivity contribution in [3.8, 4) is 5.75 Å². The minimum atomic E-state index is -1.07. The van der Waals surface area contributed by atoms with Gasteiger partial charge in [-0.15, -0.1) is 5.59 Å². The molecule has 0 aliphatic carbocycles. The van der Waals surface area contributed by atoms with E-state index in [0.717, 1.165) is 11.4 Å². The molecule has 0 aromatic heterocycles. The predicted molar refractivity (Wildman–Crippen MR) is 62.3 cm³/mol. The predicted octanol–water partition coefficient (Wildman–Crippen LogP) is 0.261. The van der Waals surface area contributed by atoms with Crippen LogP contribution in [0, 0.1) is 0 Å². The van der Waals surface area contributed by atoms with Crippen LogP contribution < -0.4 is 15.7 Å². The standard InChI is InChI=1S/C9H10IN2O3/c1-14-7-4-2-6(3-5-7)12-8(10)9(13)15-11-12/h2-5,8-9,11H,1H3/q-1/p+1. The van der Waals surface area contributed by atoms with E-state index in [0.29, 0.717) is 0 Å². The van der Waals surface area contributed by atoms with Gasteiger partial charge >= 0.3 is 0 Å². The second-order valence-corrected chi connectivity index (χ2v) is 4.34. The van der Waals surface area contributed by atoms with Crippen molar-refractivity contribution in [3.05, 3.63) is 24.3 Å². The van der Waals surface area contributed by atoms with Gasteiger partial charge in [-0.3, -0.25) is 9.85 Å². The molecule has 0 bridgehead atoms. The number of nitrogens with one attached hydrogen (secondary N) is 1. The van der Waals surface area contributed by atoms with Crippen molar-refractivity contribution >= 4 is 28.3 Å². The fraction of sp³-hybridized carbons (Fsp3) is 0.333. The molecule has 0 radical (unpaired) electrons. The van der Waals surface area contributed by atoms with Gasteiger partial charge in [-0.1, -0.05) is 22.6 Å². The lowest BCUT2D eigenvalue weighted by atomic mass is 10.3. The first kappa shape index (κ1) is 10.9. The van der Waals surface area contributed by atoms with Gasteiger partial charge in [-0.2, -0.15) is 0 Å². The maximum atomic E-state index is 11.2. The molecule has 6 heteroatoms. The van der Waals surface area contributed by atoms with Crippen molar-refractivity contribution in [3.63, 3.8) is 0 Å². The Kier molecular flexibility index (Phi) is 3.29. The molecule has 2 atom stereocenters. The topological polar surface area (TPSA) is 60.4 Å². The number of hydrazine groups is 1. The van der Waals surface area contributed by atoms with Crippen LogP contribution in [0.5, 0.6) is 5.75 Å². The number of rotatable bonds is 2. The van der Waals surface area contributed by atoms with E-state index in [9.17, 15) is 5.11 Å². The van der Waals surface area contributed by atoms with Crippen LogP contribution in [0.25, 0.3) is 0 Å².